The van der Waals surface area contributed by atoms with Gasteiger partial charge >= 0.3 is 0 Å². The van der Waals surface area contributed by atoms with Crippen molar-refractivity contribution >= 4 is 49.5 Å². The first kappa shape index (κ1) is 21.2. The monoisotopic (exact) mass is 492 g/mol. The highest BCUT2D eigenvalue weighted by atomic mass is 79.9. The van der Waals surface area contributed by atoms with Gasteiger partial charge in [-0.1, -0.05) is 28.1 Å². The zero-order valence-electron chi connectivity index (χ0n) is 18.5. The molecule has 2 aromatic heterocycles. The van der Waals surface area contributed by atoms with Crippen LogP contribution in [-0.4, -0.2) is 41.1 Å². The summed E-state index contributed by atoms with van der Waals surface area (Å²) >= 11 is 3.58. The van der Waals surface area contributed by atoms with E-state index in [1.165, 1.54) is 16.5 Å². The van der Waals surface area contributed by atoms with Crippen LogP contribution >= 0.6 is 15.9 Å². The molecule has 0 unspecified atom stereocenters. The van der Waals surface area contributed by atoms with Gasteiger partial charge in [-0.25, -0.2) is 4.98 Å². The molecule has 2 aromatic carbocycles. The van der Waals surface area contributed by atoms with Crippen molar-refractivity contribution in [1.29, 1.82) is 0 Å². The second kappa shape index (κ2) is 9.08. The van der Waals surface area contributed by atoms with Crippen LogP contribution in [-0.2, 0) is 6.54 Å². The third kappa shape index (κ3) is 4.45. The molecule has 0 spiro atoms. The van der Waals surface area contributed by atoms with Crippen LogP contribution in [0.3, 0.4) is 0 Å². The van der Waals surface area contributed by atoms with Crippen LogP contribution in [0, 0.1) is 0 Å². The summed E-state index contributed by atoms with van der Waals surface area (Å²) in [6, 6.07) is 15.5. The second-order valence-electron chi connectivity index (χ2n) is 8.86. The maximum atomic E-state index is 4.80. The normalized spacial score (nSPS) is 18.8. The van der Waals surface area contributed by atoms with E-state index in [4.69, 9.17) is 9.97 Å². The van der Waals surface area contributed by atoms with Gasteiger partial charge in [-0.15, -0.1) is 0 Å². The highest BCUT2D eigenvalue weighted by molar-refractivity contribution is 9.10. The summed E-state index contributed by atoms with van der Waals surface area (Å²) in [4.78, 5) is 15.0. The zero-order chi connectivity index (χ0) is 22.1. The van der Waals surface area contributed by atoms with Crippen LogP contribution in [0.4, 0.5) is 11.8 Å². The highest BCUT2D eigenvalue weighted by Gasteiger charge is 2.22. The minimum Gasteiger partial charge on any atom is -0.362 e. The molecule has 0 radical (unpaired) electrons. The third-order valence-electron chi connectivity index (χ3n) is 6.38. The van der Waals surface area contributed by atoms with Gasteiger partial charge in [-0.2, -0.15) is 4.98 Å². The number of fused-ring (bicyclic) bond motifs is 2. The van der Waals surface area contributed by atoms with E-state index in [0.717, 1.165) is 59.4 Å². The van der Waals surface area contributed by atoms with E-state index < -0.39 is 0 Å². The molecule has 2 heterocycles. The first-order chi connectivity index (χ1) is 15.6. The lowest BCUT2D eigenvalue weighted by atomic mass is 9.91. The van der Waals surface area contributed by atoms with Gasteiger partial charge in [0, 0.05) is 59.7 Å². The zero-order valence-corrected chi connectivity index (χ0v) is 20.1. The van der Waals surface area contributed by atoms with Gasteiger partial charge in [0.15, 0.2) is 0 Å². The molecule has 4 aromatic rings. The van der Waals surface area contributed by atoms with Crippen LogP contribution in [0.1, 0.15) is 31.2 Å². The number of hydrogen-bond donors (Lipinski definition) is 3. The first-order valence-corrected chi connectivity index (χ1v) is 12.1. The summed E-state index contributed by atoms with van der Waals surface area (Å²) in [7, 11) is 4.06. The lowest BCUT2D eigenvalue weighted by molar-refractivity contribution is 0.352. The van der Waals surface area contributed by atoms with Crippen LogP contribution < -0.4 is 15.5 Å². The van der Waals surface area contributed by atoms with Gasteiger partial charge in [-0.3, -0.25) is 0 Å². The average molecular weight is 493 g/mol. The maximum absolute atomic E-state index is 4.80. The number of para-hydroxylation sites is 1. The van der Waals surface area contributed by atoms with Crippen LogP contribution in [0.25, 0.3) is 21.8 Å². The van der Waals surface area contributed by atoms with Crippen molar-refractivity contribution < 1.29 is 0 Å². The van der Waals surface area contributed by atoms with E-state index in [-0.39, 0.29) is 0 Å². The number of rotatable bonds is 6. The Labute approximate surface area is 197 Å². The fourth-order valence-electron chi connectivity index (χ4n) is 4.64. The Hall–Kier alpha value is -2.64. The summed E-state index contributed by atoms with van der Waals surface area (Å²) < 4.78 is 1.12. The molecule has 1 aliphatic carbocycles. The Bertz CT molecular complexity index is 1230. The van der Waals surface area contributed by atoms with Crippen molar-refractivity contribution in [3.05, 3.63) is 58.7 Å². The predicted octanol–water partition coefficient (Wildman–Crippen LogP) is 5.45. The Morgan fingerprint density at radius 2 is 1.78 bits per heavy atom. The molecule has 32 heavy (non-hydrogen) atoms. The molecule has 0 amide bonds. The van der Waals surface area contributed by atoms with E-state index in [1.54, 1.807) is 0 Å². The molecule has 166 valence electrons. The molecule has 0 saturated heterocycles. The van der Waals surface area contributed by atoms with Gasteiger partial charge in [0.1, 0.15) is 5.82 Å². The summed E-state index contributed by atoms with van der Waals surface area (Å²) in [5.74, 6) is 1.69. The van der Waals surface area contributed by atoms with Crippen molar-refractivity contribution in [3.8, 4) is 0 Å². The minimum atomic E-state index is 0.410. The summed E-state index contributed by atoms with van der Waals surface area (Å²) in [6.07, 6.45) is 6.65. The topological polar surface area (TPSA) is 68.9 Å². The third-order valence-corrected chi connectivity index (χ3v) is 6.87. The van der Waals surface area contributed by atoms with Gasteiger partial charge < -0.3 is 20.5 Å². The first-order valence-electron chi connectivity index (χ1n) is 11.3. The van der Waals surface area contributed by atoms with Gasteiger partial charge in [0.05, 0.1) is 5.52 Å². The fourth-order valence-corrected chi connectivity index (χ4v) is 5.00. The van der Waals surface area contributed by atoms with Crippen molar-refractivity contribution in [2.24, 2.45) is 0 Å². The van der Waals surface area contributed by atoms with Crippen LogP contribution in [0.2, 0.25) is 0 Å². The second-order valence-corrected chi connectivity index (χ2v) is 9.78. The summed E-state index contributed by atoms with van der Waals surface area (Å²) in [5.41, 5.74) is 3.49. The Kier molecular flexibility index (Phi) is 6.02. The lowest BCUT2D eigenvalue weighted by Gasteiger charge is -2.30. The number of halogens is 1. The number of H-pyrrole nitrogens is 1. The number of hydrogen-bond acceptors (Lipinski definition) is 5. The molecule has 7 heteroatoms. The van der Waals surface area contributed by atoms with Crippen molar-refractivity contribution in [2.45, 2.75) is 44.3 Å². The highest BCUT2D eigenvalue weighted by Crippen LogP contribution is 2.27. The van der Waals surface area contributed by atoms with E-state index in [9.17, 15) is 0 Å². The standard InChI is InChI=1S/C25H29BrN6/c1-32(2)24-20-5-3-4-6-23(20)30-25(31-24)29-19-10-8-18(9-11-19)27-14-16-15-28-22-12-7-17(26)13-21(16)22/h3-7,12-13,15,18-19,27-28H,8-11,14H2,1-2H3,(H,29,30,31). The fraction of sp³-hybridized carbons (Fsp3) is 0.360. The summed E-state index contributed by atoms with van der Waals surface area (Å²) in [5, 5.41) is 9.74. The average Bonchev–Trinajstić information content (AvgIpc) is 3.20. The number of nitrogens with zero attached hydrogens (tertiary/aromatic N) is 3. The molecule has 0 bridgehead atoms. The molecule has 6 nitrogen and oxygen atoms in total. The number of aromatic nitrogens is 3. The Morgan fingerprint density at radius 1 is 1.00 bits per heavy atom. The molecule has 5 rings (SSSR count). The maximum Gasteiger partial charge on any atom is 0.225 e. The largest absolute Gasteiger partial charge is 0.362 e. The van der Waals surface area contributed by atoms with E-state index in [1.807, 2.05) is 26.2 Å². The minimum absolute atomic E-state index is 0.410. The SMILES string of the molecule is CN(C)c1nc(NC2CCC(NCc3c[nH]c4ccc(Br)cc34)CC2)nc2ccccc12. The van der Waals surface area contributed by atoms with Crippen molar-refractivity contribution in [1.82, 2.24) is 20.3 Å². The van der Waals surface area contributed by atoms with E-state index >= 15 is 0 Å². The number of benzene rings is 2. The number of anilines is 2. The summed E-state index contributed by atoms with van der Waals surface area (Å²) in [6.45, 7) is 0.888. The van der Waals surface area contributed by atoms with Gasteiger partial charge in [-0.05, 0) is 61.6 Å². The molecule has 3 N–H and O–H groups in total. The smallest absolute Gasteiger partial charge is 0.225 e. The van der Waals surface area contributed by atoms with E-state index in [0.29, 0.717) is 12.1 Å². The van der Waals surface area contributed by atoms with Crippen LogP contribution in [0.15, 0.2) is 53.1 Å². The van der Waals surface area contributed by atoms with Crippen molar-refractivity contribution in [3.63, 3.8) is 0 Å². The van der Waals surface area contributed by atoms with Gasteiger partial charge in [0.2, 0.25) is 5.95 Å². The molecule has 1 aliphatic rings. The molecular weight excluding hydrogens is 464 g/mol. The Balaban J connectivity index is 1.19. The molecular formula is C25H29BrN6. The molecule has 1 fully saturated rings. The Morgan fingerprint density at radius 3 is 2.59 bits per heavy atom. The number of aromatic amines is 1. The van der Waals surface area contributed by atoms with Gasteiger partial charge in [0.25, 0.3) is 0 Å². The quantitative estimate of drug-likeness (QED) is 0.333. The molecule has 1 saturated carbocycles. The number of nitrogens with one attached hydrogen (secondary N) is 3. The molecule has 0 atom stereocenters. The van der Waals surface area contributed by atoms with E-state index in [2.05, 4.69) is 73.0 Å². The molecule has 0 aliphatic heterocycles. The van der Waals surface area contributed by atoms with Crippen molar-refractivity contribution in [2.75, 3.05) is 24.3 Å². The van der Waals surface area contributed by atoms with Crippen LogP contribution in [0.5, 0.6) is 0 Å². The lowest BCUT2D eigenvalue weighted by Crippen LogP contribution is -2.36. The predicted molar refractivity (Wildman–Crippen MR) is 136 cm³/mol.